The molecule has 1 heterocycles. The van der Waals surface area contributed by atoms with Crippen LogP contribution in [0.25, 0.3) is 0 Å². The van der Waals surface area contributed by atoms with Crippen molar-refractivity contribution in [2.24, 2.45) is 0 Å². The van der Waals surface area contributed by atoms with Gasteiger partial charge in [-0.15, -0.1) is 0 Å². The summed E-state index contributed by atoms with van der Waals surface area (Å²) in [5.74, 6) is 0.712. The molecule has 1 N–H and O–H groups in total. The van der Waals surface area contributed by atoms with Gasteiger partial charge in [-0.25, -0.2) is 0 Å². The summed E-state index contributed by atoms with van der Waals surface area (Å²) in [7, 11) is 0. The van der Waals surface area contributed by atoms with Crippen molar-refractivity contribution in [2.75, 3.05) is 13.1 Å². The average Bonchev–Trinajstić information content (AvgIpc) is 2.29. The smallest absolute Gasteiger partial charge is 0.00202 e. The van der Waals surface area contributed by atoms with E-state index in [0.717, 1.165) is 6.54 Å². The van der Waals surface area contributed by atoms with Crippen LogP contribution < -0.4 is 5.32 Å². The van der Waals surface area contributed by atoms with Crippen LogP contribution in [-0.4, -0.2) is 13.1 Å². The van der Waals surface area contributed by atoms with Crippen molar-refractivity contribution < 1.29 is 0 Å². The van der Waals surface area contributed by atoms with E-state index in [-0.39, 0.29) is 5.41 Å². The Hall–Kier alpha value is -0.820. The SMILES string of the molecule is CC(C)(C)c1ccccc1[C@@H]1CCCNC1. The third kappa shape index (κ3) is 2.46. The lowest BCUT2D eigenvalue weighted by molar-refractivity contribution is 0.452. The molecule has 0 saturated carbocycles. The fraction of sp³-hybridized carbons (Fsp3) is 0.600. The topological polar surface area (TPSA) is 12.0 Å². The largest absolute Gasteiger partial charge is 0.316 e. The lowest BCUT2D eigenvalue weighted by atomic mass is 9.78. The number of rotatable bonds is 1. The Labute approximate surface area is 99.3 Å². The maximum absolute atomic E-state index is 3.51. The molecule has 16 heavy (non-hydrogen) atoms. The number of benzene rings is 1. The van der Waals surface area contributed by atoms with E-state index in [9.17, 15) is 0 Å². The first-order chi connectivity index (χ1) is 7.59. The molecule has 0 unspecified atom stereocenters. The summed E-state index contributed by atoms with van der Waals surface area (Å²) in [6.07, 6.45) is 2.64. The van der Waals surface area contributed by atoms with Crippen LogP contribution in [-0.2, 0) is 5.41 Å². The highest BCUT2D eigenvalue weighted by Crippen LogP contribution is 2.33. The van der Waals surface area contributed by atoms with Crippen LogP contribution in [0.1, 0.15) is 50.7 Å². The Morgan fingerprint density at radius 2 is 1.94 bits per heavy atom. The van der Waals surface area contributed by atoms with E-state index in [0.29, 0.717) is 5.92 Å². The minimum atomic E-state index is 0.258. The van der Waals surface area contributed by atoms with Gasteiger partial charge in [0.2, 0.25) is 0 Å². The third-order valence-corrected chi connectivity index (χ3v) is 3.51. The molecular weight excluding hydrogens is 194 g/mol. The highest BCUT2D eigenvalue weighted by molar-refractivity contribution is 5.36. The van der Waals surface area contributed by atoms with Crippen molar-refractivity contribution >= 4 is 0 Å². The maximum atomic E-state index is 3.51. The Morgan fingerprint density at radius 3 is 2.56 bits per heavy atom. The van der Waals surface area contributed by atoms with Gasteiger partial charge in [-0.2, -0.15) is 0 Å². The molecule has 1 nitrogen and oxygen atoms in total. The first-order valence-electron chi connectivity index (χ1n) is 6.39. The highest BCUT2D eigenvalue weighted by atomic mass is 14.9. The molecule has 1 saturated heterocycles. The van der Waals surface area contributed by atoms with Gasteiger partial charge in [0.05, 0.1) is 0 Å². The van der Waals surface area contributed by atoms with E-state index in [1.807, 2.05) is 0 Å². The van der Waals surface area contributed by atoms with Crippen molar-refractivity contribution in [1.29, 1.82) is 0 Å². The summed E-state index contributed by atoms with van der Waals surface area (Å²) in [6, 6.07) is 8.96. The molecule has 1 heteroatoms. The van der Waals surface area contributed by atoms with Gasteiger partial charge in [0.1, 0.15) is 0 Å². The lowest BCUT2D eigenvalue weighted by Crippen LogP contribution is -2.30. The zero-order valence-electron chi connectivity index (χ0n) is 10.7. The van der Waals surface area contributed by atoms with Crippen LogP contribution in [0.4, 0.5) is 0 Å². The van der Waals surface area contributed by atoms with Gasteiger partial charge in [-0.05, 0) is 41.8 Å². The molecule has 0 aromatic heterocycles. The quantitative estimate of drug-likeness (QED) is 0.759. The molecule has 1 aromatic rings. The van der Waals surface area contributed by atoms with E-state index in [2.05, 4.69) is 50.4 Å². The summed E-state index contributed by atoms with van der Waals surface area (Å²) in [4.78, 5) is 0. The molecular formula is C15H23N. The molecule has 2 rings (SSSR count). The lowest BCUT2D eigenvalue weighted by Gasteiger charge is -2.30. The summed E-state index contributed by atoms with van der Waals surface area (Å²) in [5, 5.41) is 3.51. The van der Waals surface area contributed by atoms with Gasteiger partial charge in [-0.3, -0.25) is 0 Å². The number of nitrogens with one attached hydrogen (secondary N) is 1. The predicted molar refractivity (Wildman–Crippen MR) is 70.0 cm³/mol. The zero-order valence-corrected chi connectivity index (χ0v) is 10.7. The minimum absolute atomic E-state index is 0.258. The van der Waals surface area contributed by atoms with E-state index in [4.69, 9.17) is 0 Å². The van der Waals surface area contributed by atoms with Gasteiger partial charge >= 0.3 is 0 Å². The summed E-state index contributed by atoms with van der Waals surface area (Å²) >= 11 is 0. The average molecular weight is 217 g/mol. The molecule has 1 aromatic carbocycles. The fourth-order valence-corrected chi connectivity index (χ4v) is 2.65. The van der Waals surface area contributed by atoms with Crippen LogP contribution >= 0.6 is 0 Å². The Bertz CT molecular complexity index is 343. The molecule has 0 radical (unpaired) electrons. The summed E-state index contributed by atoms with van der Waals surface area (Å²) < 4.78 is 0. The molecule has 0 aliphatic carbocycles. The molecule has 88 valence electrons. The van der Waals surface area contributed by atoms with Crippen molar-refractivity contribution in [3.05, 3.63) is 35.4 Å². The zero-order chi connectivity index (χ0) is 11.6. The monoisotopic (exact) mass is 217 g/mol. The Balaban J connectivity index is 2.32. The third-order valence-electron chi connectivity index (χ3n) is 3.51. The molecule has 1 aliphatic rings. The van der Waals surface area contributed by atoms with Gasteiger partial charge < -0.3 is 5.32 Å². The Kier molecular flexibility index (Phi) is 3.34. The van der Waals surface area contributed by atoms with Crippen molar-refractivity contribution in [3.63, 3.8) is 0 Å². The molecule has 1 atom stereocenters. The van der Waals surface area contributed by atoms with E-state index in [1.54, 1.807) is 5.56 Å². The summed E-state index contributed by atoms with van der Waals surface area (Å²) in [5.41, 5.74) is 3.33. The first-order valence-corrected chi connectivity index (χ1v) is 6.39. The second-order valence-electron chi connectivity index (χ2n) is 5.88. The van der Waals surface area contributed by atoms with Gasteiger partial charge in [0.15, 0.2) is 0 Å². The molecule has 1 fully saturated rings. The second-order valence-corrected chi connectivity index (χ2v) is 5.88. The van der Waals surface area contributed by atoms with E-state index < -0.39 is 0 Å². The number of hydrogen-bond acceptors (Lipinski definition) is 1. The highest BCUT2D eigenvalue weighted by Gasteiger charge is 2.23. The van der Waals surface area contributed by atoms with Crippen molar-refractivity contribution in [3.8, 4) is 0 Å². The maximum Gasteiger partial charge on any atom is 0.00202 e. The van der Waals surface area contributed by atoms with Crippen LogP contribution in [0.2, 0.25) is 0 Å². The molecule has 0 amide bonds. The normalized spacial score (nSPS) is 22.1. The first kappa shape index (κ1) is 11.7. The van der Waals surface area contributed by atoms with Crippen LogP contribution in [0, 0.1) is 0 Å². The Morgan fingerprint density at radius 1 is 1.19 bits per heavy atom. The number of piperidine rings is 1. The predicted octanol–water partition coefficient (Wildman–Crippen LogP) is 3.45. The van der Waals surface area contributed by atoms with E-state index >= 15 is 0 Å². The van der Waals surface area contributed by atoms with Gasteiger partial charge in [-0.1, -0.05) is 45.0 Å². The van der Waals surface area contributed by atoms with Gasteiger partial charge in [0, 0.05) is 6.54 Å². The summed E-state index contributed by atoms with van der Waals surface area (Å²) in [6.45, 7) is 9.26. The van der Waals surface area contributed by atoms with Crippen LogP contribution in [0.5, 0.6) is 0 Å². The van der Waals surface area contributed by atoms with Crippen LogP contribution in [0.3, 0.4) is 0 Å². The standard InChI is InChI=1S/C15H23N/c1-15(2,3)14-9-5-4-8-13(14)12-7-6-10-16-11-12/h4-5,8-9,12,16H,6-7,10-11H2,1-3H3/t12-/m1/s1. The van der Waals surface area contributed by atoms with Gasteiger partial charge in [0.25, 0.3) is 0 Å². The number of hydrogen-bond donors (Lipinski definition) is 1. The molecule has 0 bridgehead atoms. The van der Waals surface area contributed by atoms with E-state index in [1.165, 1.54) is 24.9 Å². The molecule has 0 spiro atoms. The fourth-order valence-electron chi connectivity index (χ4n) is 2.65. The minimum Gasteiger partial charge on any atom is -0.316 e. The second kappa shape index (κ2) is 4.58. The van der Waals surface area contributed by atoms with Crippen LogP contribution in [0.15, 0.2) is 24.3 Å². The van der Waals surface area contributed by atoms with Crippen molar-refractivity contribution in [1.82, 2.24) is 5.32 Å². The molecule has 1 aliphatic heterocycles. The van der Waals surface area contributed by atoms with Crippen molar-refractivity contribution in [2.45, 2.75) is 44.9 Å².